The Kier molecular flexibility index (Phi) is 6.14. The van der Waals surface area contributed by atoms with Crippen molar-refractivity contribution in [3.8, 4) is 17.2 Å². The molecule has 0 spiro atoms. The molecule has 3 aromatic carbocycles. The van der Waals surface area contributed by atoms with Crippen LogP contribution in [0.4, 0.5) is 5.69 Å². The monoisotopic (exact) mass is 463 g/mol. The SMILES string of the molecule is COc1ccc(N(C)S(=O)(=O)c2cccc(C(=O)Oc3ccc(-n4ccnc4)cc3)c2)cc1. The summed E-state index contributed by atoms with van der Waals surface area (Å²) in [7, 11) is -0.911. The molecule has 0 N–H and O–H groups in total. The summed E-state index contributed by atoms with van der Waals surface area (Å²) >= 11 is 0. The van der Waals surface area contributed by atoms with Crippen molar-refractivity contribution in [2.75, 3.05) is 18.5 Å². The van der Waals surface area contributed by atoms with Crippen molar-refractivity contribution >= 4 is 21.7 Å². The average molecular weight is 464 g/mol. The highest BCUT2D eigenvalue weighted by atomic mass is 32.2. The van der Waals surface area contributed by atoms with Crippen LogP contribution in [-0.2, 0) is 10.0 Å². The van der Waals surface area contributed by atoms with Gasteiger partial charge in [-0.05, 0) is 66.7 Å². The number of hydrogen-bond donors (Lipinski definition) is 0. The Hall–Kier alpha value is -4.11. The van der Waals surface area contributed by atoms with Gasteiger partial charge in [-0.1, -0.05) is 6.07 Å². The first-order chi connectivity index (χ1) is 15.9. The van der Waals surface area contributed by atoms with E-state index in [1.807, 2.05) is 4.57 Å². The fourth-order valence-electron chi connectivity index (χ4n) is 3.14. The molecule has 0 amide bonds. The minimum Gasteiger partial charge on any atom is -0.497 e. The third-order valence-corrected chi connectivity index (χ3v) is 6.80. The number of hydrogen-bond acceptors (Lipinski definition) is 6. The Bertz CT molecular complexity index is 1350. The molecule has 1 heterocycles. The second-order valence-electron chi connectivity index (χ2n) is 7.05. The maximum atomic E-state index is 13.1. The molecule has 33 heavy (non-hydrogen) atoms. The molecule has 8 nitrogen and oxygen atoms in total. The summed E-state index contributed by atoms with van der Waals surface area (Å²) in [6.45, 7) is 0. The summed E-state index contributed by atoms with van der Waals surface area (Å²) < 4.78 is 39.7. The zero-order valence-corrected chi connectivity index (χ0v) is 18.8. The van der Waals surface area contributed by atoms with Crippen molar-refractivity contribution in [3.63, 3.8) is 0 Å². The predicted octanol–water partition coefficient (Wildman–Crippen LogP) is 3.93. The van der Waals surface area contributed by atoms with Gasteiger partial charge in [-0.15, -0.1) is 0 Å². The Morgan fingerprint density at radius 1 is 0.970 bits per heavy atom. The fraction of sp³-hybridized carbons (Fsp3) is 0.0833. The molecule has 0 saturated heterocycles. The number of rotatable bonds is 7. The third kappa shape index (κ3) is 4.73. The van der Waals surface area contributed by atoms with Gasteiger partial charge in [-0.3, -0.25) is 4.31 Å². The van der Waals surface area contributed by atoms with E-state index >= 15 is 0 Å². The van der Waals surface area contributed by atoms with E-state index in [9.17, 15) is 13.2 Å². The lowest BCUT2D eigenvalue weighted by Gasteiger charge is -2.20. The number of anilines is 1. The molecule has 0 aliphatic carbocycles. The molecule has 0 radical (unpaired) electrons. The number of imidazole rings is 1. The quantitative estimate of drug-likeness (QED) is 0.305. The summed E-state index contributed by atoms with van der Waals surface area (Å²) in [5.74, 6) is 0.300. The van der Waals surface area contributed by atoms with E-state index in [0.29, 0.717) is 17.2 Å². The molecule has 4 aromatic rings. The van der Waals surface area contributed by atoms with Gasteiger partial charge < -0.3 is 14.0 Å². The molecule has 0 aliphatic heterocycles. The molecule has 0 unspecified atom stereocenters. The Morgan fingerprint density at radius 3 is 2.30 bits per heavy atom. The highest BCUT2D eigenvalue weighted by Gasteiger charge is 2.23. The van der Waals surface area contributed by atoms with Gasteiger partial charge in [0.1, 0.15) is 11.5 Å². The van der Waals surface area contributed by atoms with Crippen molar-refractivity contribution in [1.29, 1.82) is 0 Å². The first-order valence-corrected chi connectivity index (χ1v) is 11.4. The van der Waals surface area contributed by atoms with E-state index in [1.54, 1.807) is 67.3 Å². The summed E-state index contributed by atoms with van der Waals surface area (Å²) in [4.78, 5) is 16.6. The highest BCUT2D eigenvalue weighted by molar-refractivity contribution is 7.92. The maximum absolute atomic E-state index is 13.1. The van der Waals surface area contributed by atoms with E-state index in [-0.39, 0.29) is 10.5 Å². The van der Waals surface area contributed by atoms with Crippen molar-refractivity contribution in [1.82, 2.24) is 9.55 Å². The van der Waals surface area contributed by atoms with Gasteiger partial charge in [0.15, 0.2) is 0 Å². The van der Waals surface area contributed by atoms with Crippen LogP contribution in [-0.4, -0.2) is 38.1 Å². The van der Waals surface area contributed by atoms with Crippen molar-refractivity contribution in [3.05, 3.63) is 97.1 Å². The van der Waals surface area contributed by atoms with Gasteiger partial charge in [0.2, 0.25) is 0 Å². The van der Waals surface area contributed by atoms with Gasteiger partial charge in [0, 0.05) is 25.1 Å². The van der Waals surface area contributed by atoms with Gasteiger partial charge in [-0.25, -0.2) is 18.2 Å². The number of methoxy groups -OCH3 is 1. The summed E-state index contributed by atoms with van der Waals surface area (Å²) in [5.41, 5.74) is 1.45. The molecule has 168 valence electrons. The number of carbonyl (C=O) groups excluding carboxylic acids is 1. The Labute approximate surface area is 191 Å². The highest BCUT2D eigenvalue weighted by Crippen LogP contribution is 2.25. The minimum absolute atomic E-state index is 0.0225. The lowest BCUT2D eigenvalue weighted by Crippen LogP contribution is -2.26. The van der Waals surface area contributed by atoms with Crippen LogP contribution in [0.3, 0.4) is 0 Å². The number of carbonyl (C=O) groups is 1. The molecule has 4 rings (SSSR count). The summed E-state index contributed by atoms with van der Waals surface area (Å²) in [6, 6.07) is 19.3. The smallest absolute Gasteiger partial charge is 0.343 e. The zero-order valence-electron chi connectivity index (χ0n) is 18.0. The van der Waals surface area contributed by atoms with Crippen molar-refractivity contribution in [2.24, 2.45) is 0 Å². The predicted molar refractivity (Wildman–Crippen MR) is 124 cm³/mol. The van der Waals surface area contributed by atoms with Crippen LogP contribution >= 0.6 is 0 Å². The normalized spacial score (nSPS) is 11.1. The third-order valence-electron chi connectivity index (χ3n) is 5.01. The number of aromatic nitrogens is 2. The molecule has 0 fully saturated rings. The molecule has 0 saturated carbocycles. The average Bonchev–Trinajstić information content (AvgIpc) is 3.39. The zero-order chi connectivity index (χ0) is 23.4. The summed E-state index contributed by atoms with van der Waals surface area (Å²) in [5, 5.41) is 0. The first kappa shape index (κ1) is 22.1. The van der Waals surface area contributed by atoms with E-state index < -0.39 is 16.0 Å². The van der Waals surface area contributed by atoms with E-state index in [4.69, 9.17) is 9.47 Å². The topological polar surface area (TPSA) is 90.7 Å². The van der Waals surface area contributed by atoms with E-state index in [1.165, 1.54) is 38.4 Å². The molecule has 9 heteroatoms. The molecular formula is C24H21N3O5S. The van der Waals surface area contributed by atoms with Crippen LogP contribution in [0.15, 0.2) is 96.4 Å². The largest absolute Gasteiger partial charge is 0.497 e. The molecule has 0 atom stereocenters. The molecule has 0 aliphatic rings. The van der Waals surface area contributed by atoms with Crippen molar-refractivity contribution < 1.29 is 22.7 Å². The number of nitrogens with zero attached hydrogens (tertiary/aromatic N) is 3. The summed E-state index contributed by atoms with van der Waals surface area (Å²) in [6.07, 6.45) is 5.13. The molecule has 1 aromatic heterocycles. The Morgan fingerprint density at radius 2 is 1.67 bits per heavy atom. The number of benzene rings is 3. The maximum Gasteiger partial charge on any atom is 0.343 e. The second-order valence-corrected chi connectivity index (χ2v) is 9.02. The second kappa shape index (κ2) is 9.17. The lowest BCUT2D eigenvalue weighted by molar-refractivity contribution is 0.0734. The van der Waals surface area contributed by atoms with Gasteiger partial charge in [-0.2, -0.15) is 0 Å². The van der Waals surface area contributed by atoms with Gasteiger partial charge in [0.05, 0.1) is 29.6 Å². The van der Waals surface area contributed by atoms with Gasteiger partial charge in [0.25, 0.3) is 10.0 Å². The number of sulfonamides is 1. The standard InChI is InChI=1S/C24H21N3O5S/c1-26(19-6-10-21(31-2)11-7-19)33(29,30)23-5-3-4-18(16-23)24(28)32-22-12-8-20(9-13-22)27-15-14-25-17-27/h3-17H,1-2H3. The van der Waals surface area contributed by atoms with Crippen LogP contribution in [0.1, 0.15) is 10.4 Å². The van der Waals surface area contributed by atoms with Crippen LogP contribution in [0, 0.1) is 0 Å². The van der Waals surface area contributed by atoms with E-state index in [2.05, 4.69) is 4.98 Å². The van der Waals surface area contributed by atoms with Crippen LogP contribution in [0.5, 0.6) is 11.5 Å². The number of ether oxygens (including phenoxy) is 2. The molecule has 0 bridgehead atoms. The lowest BCUT2D eigenvalue weighted by atomic mass is 10.2. The van der Waals surface area contributed by atoms with Crippen LogP contribution in [0.2, 0.25) is 0 Å². The Balaban J connectivity index is 1.52. The fourth-order valence-corrected chi connectivity index (χ4v) is 4.38. The minimum atomic E-state index is -3.90. The van der Waals surface area contributed by atoms with Crippen molar-refractivity contribution in [2.45, 2.75) is 4.90 Å². The first-order valence-electron chi connectivity index (χ1n) is 9.92. The van der Waals surface area contributed by atoms with Gasteiger partial charge >= 0.3 is 5.97 Å². The van der Waals surface area contributed by atoms with E-state index in [0.717, 1.165) is 9.99 Å². The molecular weight excluding hydrogens is 442 g/mol. The number of esters is 1. The van der Waals surface area contributed by atoms with Crippen LogP contribution < -0.4 is 13.8 Å². The van der Waals surface area contributed by atoms with Crippen LogP contribution in [0.25, 0.3) is 5.69 Å².